The third-order valence-electron chi connectivity index (χ3n) is 4.44. The van der Waals surface area contributed by atoms with Crippen LogP contribution in [0.25, 0.3) is 10.8 Å². The van der Waals surface area contributed by atoms with Crippen molar-refractivity contribution in [3.8, 4) is 0 Å². The number of unbranched alkanes of at least 4 members (excludes halogenated alkanes) is 5. The molecule has 0 unspecified atom stereocenters. The van der Waals surface area contributed by atoms with E-state index in [1.807, 2.05) is 0 Å². The molecule has 0 saturated carbocycles. The second-order valence-corrected chi connectivity index (χ2v) is 6.91. The first-order valence-electron chi connectivity index (χ1n) is 9.77. The van der Waals surface area contributed by atoms with E-state index >= 15 is 0 Å². The van der Waals surface area contributed by atoms with Gasteiger partial charge in [0.1, 0.15) is 0 Å². The highest BCUT2D eigenvalue weighted by Gasteiger charge is 2.04. The quantitative estimate of drug-likeness (QED) is 0.411. The summed E-state index contributed by atoms with van der Waals surface area (Å²) in [5, 5.41) is 18.4. The SMILES string of the molecule is NC(=O)c1ccc2cc(C(N)=O)ccc2c1.O=C(O)CCCCCCCCC(=O)O. The van der Waals surface area contributed by atoms with Gasteiger partial charge in [0.05, 0.1) is 0 Å². The van der Waals surface area contributed by atoms with Crippen molar-refractivity contribution in [1.29, 1.82) is 0 Å². The molecule has 0 atom stereocenters. The summed E-state index contributed by atoms with van der Waals surface area (Å²) in [4.78, 5) is 42.2. The number of fused-ring (bicyclic) bond motifs is 1. The van der Waals surface area contributed by atoms with Crippen molar-refractivity contribution in [2.45, 2.75) is 51.4 Å². The normalized spacial score (nSPS) is 10.1. The average molecular weight is 416 g/mol. The van der Waals surface area contributed by atoms with Gasteiger partial charge in [0.25, 0.3) is 0 Å². The maximum atomic E-state index is 11.0. The summed E-state index contributed by atoms with van der Waals surface area (Å²) in [6.45, 7) is 0. The number of hydrogen-bond donors (Lipinski definition) is 4. The zero-order valence-electron chi connectivity index (χ0n) is 16.8. The monoisotopic (exact) mass is 416 g/mol. The summed E-state index contributed by atoms with van der Waals surface area (Å²) in [5.41, 5.74) is 11.2. The summed E-state index contributed by atoms with van der Waals surface area (Å²) >= 11 is 0. The van der Waals surface area contributed by atoms with Crippen LogP contribution in [0, 0.1) is 0 Å². The lowest BCUT2D eigenvalue weighted by Crippen LogP contribution is -2.11. The molecule has 6 N–H and O–H groups in total. The molecule has 2 amide bonds. The second kappa shape index (κ2) is 12.9. The molecule has 0 aromatic heterocycles. The van der Waals surface area contributed by atoms with Gasteiger partial charge in [-0.05, 0) is 47.9 Å². The Labute approximate surface area is 174 Å². The molecule has 2 aromatic rings. The zero-order chi connectivity index (χ0) is 22.5. The predicted molar refractivity (Wildman–Crippen MR) is 113 cm³/mol. The van der Waals surface area contributed by atoms with Gasteiger partial charge >= 0.3 is 11.9 Å². The summed E-state index contributed by atoms with van der Waals surface area (Å²) in [6.07, 6.45) is 5.82. The first-order chi connectivity index (χ1) is 14.2. The molecule has 162 valence electrons. The minimum absolute atomic E-state index is 0.245. The topological polar surface area (TPSA) is 161 Å². The van der Waals surface area contributed by atoms with Crippen LogP contribution in [0.5, 0.6) is 0 Å². The lowest BCUT2D eigenvalue weighted by molar-refractivity contribution is -0.138. The molecule has 0 spiro atoms. The molecule has 0 aliphatic carbocycles. The van der Waals surface area contributed by atoms with Crippen molar-refractivity contribution in [2.24, 2.45) is 11.5 Å². The molecule has 8 nitrogen and oxygen atoms in total. The molecule has 0 bridgehead atoms. The first kappa shape index (κ1) is 24.6. The molecule has 2 rings (SSSR count). The smallest absolute Gasteiger partial charge is 0.303 e. The Morgan fingerprint density at radius 3 is 1.23 bits per heavy atom. The van der Waals surface area contributed by atoms with Crippen LogP contribution in [0.1, 0.15) is 72.1 Å². The lowest BCUT2D eigenvalue weighted by Gasteiger charge is -2.02. The fraction of sp³-hybridized carbons (Fsp3) is 0.364. The van der Waals surface area contributed by atoms with E-state index in [0.717, 1.165) is 49.3 Å². The van der Waals surface area contributed by atoms with Gasteiger partial charge in [-0.25, -0.2) is 0 Å². The van der Waals surface area contributed by atoms with Crippen LogP contribution in [0.2, 0.25) is 0 Å². The summed E-state index contributed by atoms with van der Waals surface area (Å²) in [7, 11) is 0. The maximum absolute atomic E-state index is 11.0. The van der Waals surface area contributed by atoms with Gasteiger partial charge in [0.15, 0.2) is 0 Å². The van der Waals surface area contributed by atoms with E-state index in [9.17, 15) is 19.2 Å². The number of hydrogen-bond acceptors (Lipinski definition) is 4. The molecule has 0 fully saturated rings. The molecular formula is C22H28N2O6. The van der Waals surface area contributed by atoms with Crippen molar-refractivity contribution in [2.75, 3.05) is 0 Å². The van der Waals surface area contributed by atoms with E-state index in [1.54, 1.807) is 36.4 Å². The number of carbonyl (C=O) groups is 4. The Morgan fingerprint density at radius 2 is 0.933 bits per heavy atom. The van der Waals surface area contributed by atoms with E-state index < -0.39 is 23.8 Å². The van der Waals surface area contributed by atoms with Crippen molar-refractivity contribution in [3.05, 3.63) is 47.5 Å². The van der Waals surface area contributed by atoms with Gasteiger partial charge in [-0.3, -0.25) is 19.2 Å². The fourth-order valence-electron chi connectivity index (χ4n) is 2.81. The fourth-order valence-corrected chi connectivity index (χ4v) is 2.81. The number of aliphatic carboxylic acids is 2. The number of amides is 2. The van der Waals surface area contributed by atoms with Crippen molar-refractivity contribution in [3.63, 3.8) is 0 Å². The molecule has 8 heteroatoms. The van der Waals surface area contributed by atoms with Gasteiger partial charge in [-0.1, -0.05) is 37.8 Å². The lowest BCUT2D eigenvalue weighted by atomic mass is 10.0. The Balaban J connectivity index is 0.000000304. The average Bonchev–Trinajstić information content (AvgIpc) is 2.69. The summed E-state index contributed by atoms with van der Waals surface area (Å²) in [6, 6.07) is 10.1. The number of nitrogens with two attached hydrogens (primary N) is 2. The second-order valence-electron chi connectivity index (χ2n) is 6.91. The molecule has 0 aliphatic rings. The number of carboxylic acid groups (broad SMARTS) is 2. The molecule has 2 aromatic carbocycles. The largest absolute Gasteiger partial charge is 0.481 e. The van der Waals surface area contributed by atoms with Gasteiger partial charge in [-0.2, -0.15) is 0 Å². The van der Waals surface area contributed by atoms with Gasteiger partial charge in [-0.15, -0.1) is 0 Å². The first-order valence-corrected chi connectivity index (χ1v) is 9.77. The van der Waals surface area contributed by atoms with Crippen LogP contribution in [0.3, 0.4) is 0 Å². The minimum atomic E-state index is -0.740. The highest BCUT2D eigenvalue weighted by Crippen LogP contribution is 2.17. The number of primary amides is 2. The van der Waals surface area contributed by atoms with Crippen molar-refractivity contribution >= 4 is 34.5 Å². The van der Waals surface area contributed by atoms with Gasteiger partial charge in [0.2, 0.25) is 11.8 Å². The van der Waals surface area contributed by atoms with Crippen LogP contribution >= 0.6 is 0 Å². The minimum Gasteiger partial charge on any atom is -0.481 e. The van der Waals surface area contributed by atoms with Crippen LogP contribution in [-0.2, 0) is 9.59 Å². The van der Waals surface area contributed by atoms with Gasteiger partial charge in [0, 0.05) is 24.0 Å². The number of benzene rings is 2. The van der Waals surface area contributed by atoms with E-state index in [0.29, 0.717) is 11.1 Å². The third kappa shape index (κ3) is 9.68. The number of carboxylic acids is 2. The van der Waals surface area contributed by atoms with Crippen LogP contribution in [0.4, 0.5) is 0 Å². The van der Waals surface area contributed by atoms with Gasteiger partial charge < -0.3 is 21.7 Å². The van der Waals surface area contributed by atoms with Crippen LogP contribution in [-0.4, -0.2) is 34.0 Å². The highest BCUT2D eigenvalue weighted by atomic mass is 16.4. The molecular weight excluding hydrogens is 388 g/mol. The molecule has 0 radical (unpaired) electrons. The molecule has 0 heterocycles. The predicted octanol–water partition coefficient (Wildman–Crippen LogP) is 3.31. The number of rotatable bonds is 11. The zero-order valence-corrected chi connectivity index (χ0v) is 16.8. The molecule has 0 aliphatic heterocycles. The standard InChI is InChI=1S/C12H10N2O2.C10H18O4/c13-11(15)9-3-1-7-5-10(12(14)16)4-2-8(7)6-9;11-9(12)7-5-3-1-2-4-6-8-10(13)14/h1-6H,(H2,13,15)(H2,14,16);1-8H2,(H,11,12)(H,13,14). The maximum Gasteiger partial charge on any atom is 0.303 e. The van der Waals surface area contributed by atoms with Crippen LogP contribution < -0.4 is 11.5 Å². The van der Waals surface area contributed by atoms with E-state index in [4.69, 9.17) is 21.7 Å². The Bertz CT molecular complexity index is 821. The van der Waals surface area contributed by atoms with E-state index in [2.05, 4.69) is 0 Å². The van der Waals surface area contributed by atoms with E-state index in [1.165, 1.54) is 0 Å². The van der Waals surface area contributed by atoms with E-state index in [-0.39, 0.29) is 12.8 Å². The van der Waals surface area contributed by atoms with Crippen molar-refractivity contribution in [1.82, 2.24) is 0 Å². The highest BCUT2D eigenvalue weighted by molar-refractivity contribution is 6.00. The summed E-state index contributed by atoms with van der Waals surface area (Å²) < 4.78 is 0. The Morgan fingerprint density at radius 1 is 0.600 bits per heavy atom. The van der Waals surface area contributed by atoms with Crippen molar-refractivity contribution < 1.29 is 29.4 Å². The summed E-state index contributed by atoms with van der Waals surface area (Å²) in [5.74, 6) is -2.42. The Kier molecular flexibility index (Phi) is 10.6. The molecule has 30 heavy (non-hydrogen) atoms. The number of carbonyl (C=O) groups excluding carboxylic acids is 2. The molecule has 0 saturated heterocycles. The third-order valence-corrected chi connectivity index (χ3v) is 4.44. The van der Waals surface area contributed by atoms with Crippen LogP contribution in [0.15, 0.2) is 36.4 Å². The Hall–Kier alpha value is -3.42.